The van der Waals surface area contributed by atoms with E-state index in [0.717, 1.165) is 4.31 Å². The summed E-state index contributed by atoms with van der Waals surface area (Å²) in [6.07, 6.45) is 1.45. The van der Waals surface area contributed by atoms with Crippen molar-refractivity contribution >= 4 is 21.6 Å². The highest BCUT2D eigenvalue weighted by atomic mass is 32.2. The zero-order valence-electron chi connectivity index (χ0n) is 16.6. The number of hydrogen-bond donors (Lipinski definition) is 1. The van der Waals surface area contributed by atoms with Crippen LogP contribution in [0.3, 0.4) is 0 Å². The van der Waals surface area contributed by atoms with Crippen LogP contribution >= 0.6 is 0 Å². The molecule has 3 rings (SSSR count). The largest absolute Gasteiger partial charge is 0.497 e. The molecule has 0 fully saturated rings. The number of sulfonamides is 1. The molecule has 0 aliphatic carbocycles. The van der Waals surface area contributed by atoms with Crippen LogP contribution in [-0.4, -0.2) is 39.4 Å². The van der Waals surface area contributed by atoms with Crippen LogP contribution in [0.15, 0.2) is 76.2 Å². The molecule has 1 heterocycles. The third-order valence-electron chi connectivity index (χ3n) is 4.31. The van der Waals surface area contributed by atoms with Gasteiger partial charge in [0.05, 0.1) is 44.2 Å². The molecule has 1 aromatic heterocycles. The van der Waals surface area contributed by atoms with Gasteiger partial charge >= 0.3 is 0 Å². The SMILES string of the molecule is COc1ccc(S(=O)(=O)N(CC(=O)Nc2ccccc2OC)Cc2ccco2)cc1. The number of carbonyl (C=O) groups excluding carboxylic acids is 1. The molecule has 158 valence electrons. The number of hydrogen-bond acceptors (Lipinski definition) is 6. The van der Waals surface area contributed by atoms with Gasteiger partial charge in [-0.05, 0) is 48.5 Å². The van der Waals surface area contributed by atoms with E-state index in [-0.39, 0.29) is 11.4 Å². The maximum atomic E-state index is 13.2. The number of nitrogens with one attached hydrogen (secondary N) is 1. The number of para-hydroxylation sites is 2. The Bertz CT molecular complexity index is 1080. The van der Waals surface area contributed by atoms with Gasteiger partial charge in [0.25, 0.3) is 0 Å². The Morgan fingerprint density at radius 2 is 1.73 bits per heavy atom. The van der Waals surface area contributed by atoms with Gasteiger partial charge in [-0.25, -0.2) is 8.42 Å². The van der Waals surface area contributed by atoms with E-state index < -0.39 is 22.5 Å². The van der Waals surface area contributed by atoms with E-state index in [0.29, 0.717) is 22.9 Å². The minimum Gasteiger partial charge on any atom is -0.497 e. The molecule has 0 bridgehead atoms. The van der Waals surface area contributed by atoms with E-state index >= 15 is 0 Å². The van der Waals surface area contributed by atoms with E-state index in [1.54, 1.807) is 48.5 Å². The fourth-order valence-electron chi connectivity index (χ4n) is 2.80. The minimum atomic E-state index is -3.98. The maximum Gasteiger partial charge on any atom is 0.243 e. The zero-order valence-corrected chi connectivity index (χ0v) is 17.4. The Morgan fingerprint density at radius 3 is 2.37 bits per heavy atom. The summed E-state index contributed by atoms with van der Waals surface area (Å²) in [6.45, 7) is -0.506. The van der Waals surface area contributed by atoms with Crippen molar-refractivity contribution in [2.24, 2.45) is 0 Å². The lowest BCUT2D eigenvalue weighted by molar-refractivity contribution is -0.116. The van der Waals surface area contributed by atoms with Gasteiger partial charge in [-0.15, -0.1) is 0 Å². The lowest BCUT2D eigenvalue weighted by atomic mass is 10.3. The van der Waals surface area contributed by atoms with E-state index in [1.807, 2.05) is 0 Å². The first-order valence-electron chi connectivity index (χ1n) is 9.03. The number of furan rings is 1. The number of rotatable bonds is 9. The molecule has 0 unspecified atom stereocenters. The van der Waals surface area contributed by atoms with Crippen LogP contribution in [0.5, 0.6) is 11.5 Å². The highest BCUT2D eigenvalue weighted by Crippen LogP contribution is 2.24. The first-order valence-corrected chi connectivity index (χ1v) is 10.5. The number of ether oxygens (including phenoxy) is 2. The Morgan fingerprint density at radius 1 is 1.00 bits per heavy atom. The maximum absolute atomic E-state index is 13.2. The van der Waals surface area contributed by atoms with Crippen molar-refractivity contribution in [2.75, 3.05) is 26.1 Å². The molecular weight excluding hydrogens is 408 g/mol. The van der Waals surface area contributed by atoms with Crippen molar-refractivity contribution in [1.82, 2.24) is 4.31 Å². The van der Waals surface area contributed by atoms with Crippen molar-refractivity contribution in [1.29, 1.82) is 0 Å². The van der Waals surface area contributed by atoms with E-state index in [9.17, 15) is 13.2 Å². The average molecular weight is 430 g/mol. The number of carbonyl (C=O) groups is 1. The number of anilines is 1. The summed E-state index contributed by atoms with van der Waals surface area (Å²) in [5.41, 5.74) is 0.449. The summed E-state index contributed by atoms with van der Waals surface area (Å²) < 4.78 is 43.1. The standard InChI is InChI=1S/C21H22N2O6S/c1-27-16-9-11-18(12-10-16)30(25,26)23(14-17-6-5-13-29-17)15-21(24)22-19-7-3-4-8-20(19)28-2/h3-13H,14-15H2,1-2H3,(H,22,24). The number of amides is 1. The topological polar surface area (TPSA) is 98.1 Å². The predicted octanol–water partition coefficient (Wildman–Crippen LogP) is 3.13. The minimum absolute atomic E-state index is 0.0416. The van der Waals surface area contributed by atoms with Crippen LogP contribution in [0.2, 0.25) is 0 Å². The Kier molecular flexibility index (Phi) is 6.76. The fourth-order valence-corrected chi connectivity index (χ4v) is 4.16. The highest BCUT2D eigenvalue weighted by molar-refractivity contribution is 7.89. The van der Waals surface area contributed by atoms with E-state index in [4.69, 9.17) is 13.9 Å². The van der Waals surface area contributed by atoms with Gasteiger partial charge in [-0.1, -0.05) is 12.1 Å². The predicted molar refractivity (Wildman–Crippen MR) is 111 cm³/mol. The van der Waals surface area contributed by atoms with Gasteiger partial charge in [-0.2, -0.15) is 4.31 Å². The summed E-state index contributed by atoms with van der Waals surface area (Å²) in [5.74, 6) is 0.905. The van der Waals surface area contributed by atoms with Crippen molar-refractivity contribution in [3.05, 3.63) is 72.7 Å². The van der Waals surface area contributed by atoms with Crippen molar-refractivity contribution < 1.29 is 27.1 Å². The lowest BCUT2D eigenvalue weighted by Gasteiger charge is -2.21. The molecular formula is C21H22N2O6S. The molecule has 0 spiro atoms. The van der Waals surface area contributed by atoms with Crippen molar-refractivity contribution in [2.45, 2.75) is 11.4 Å². The summed E-state index contributed by atoms with van der Waals surface area (Å²) >= 11 is 0. The van der Waals surface area contributed by atoms with E-state index in [2.05, 4.69) is 5.32 Å². The summed E-state index contributed by atoms with van der Waals surface area (Å²) in [5, 5.41) is 2.69. The van der Waals surface area contributed by atoms with Gasteiger partial charge in [0, 0.05) is 0 Å². The smallest absolute Gasteiger partial charge is 0.243 e. The second-order valence-corrected chi connectivity index (χ2v) is 8.21. The third kappa shape index (κ3) is 5.00. The van der Waals surface area contributed by atoms with Gasteiger partial charge in [0.2, 0.25) is 15.9 Å². The summed E-state index contributed by atoms with van der Waals surface area (Å²) in [7, 11) is -0.996. The van der Waals surface area contributed by atoms with Crippen molar-refractivity contribution in [3.63, 3.8) is 0 Å². The molecule has 0 radical (unpaired) electrons. The summed E-state index contributed by atoms with van der Waals surface area (Å²) in [6, 6.07) is 16.1. The van der Waals surface area contributed by atoms with Crippen molar-refractivity contribution in [3.8, 4) is 11.5 Å². The van der Waals surface area contributed by atoms with Crippen LogP contribution < -0.4 is 14.8 Å². The molecule has 0 saturated carbocycles. The molecule has 0 saturated heterocycles. The van der Waals surface area contributed by atoms with Crippen LogP contribution in [0.25, 0.3) is 0 Å². The highest BCUT2D eigenvalue weighted by Gasteiger charge is 2.28. The van der Waals surface area contributed by atoms with Crippen LogP contribution in [0, 0.1) is 0 Å². The third-order valence-corrected chi connectivity index (χ3v) is 6.12. The Balaban J connectivity index is 1.85. The number of nitrogens with zero attached hydrogens (tertiary/aromatic N) is 1. The molecule has 9 heteroatoms. The molecule has 0 aliphatic rings. The number of benzene rings is 2. The summed E-state index contributed by atoms with van der Waals surface area (Å²) in [4.78, 5) is 12.7. The zero-order chi connectivity index (χ0) is 21.6. The molecule has 30 heavy (non-hydrogen) atoms. The quantitative estimate of drug-likeness (QED) is 0.560. The van der Waals surface area contributed by atoms with Crippen LogP contribution in [0.1, 0.15) is 5.76 Å². The molecule has 1 amide bonds. The van der Waals surface area contributed by atoms with E-state index in [1.165, 1.54) is 32.6 Å². The van der Waals surface area contributed by atoms with Crippen LogP contribution in [-0.2, 0) is 21.4 Å². The molecule has 1 N–H and O–H groups in total. The fraction of sp³-hybridized carbons (Fsp3) is 0.190. The first kappa shape index (κ1) is 21.4. The Hall–Kier alpha value is -3.30. The lowest BCUT2D eigenvalue weighted by Crippen LogP contribution is -2.37. The Labute approximate surface area is 175 Å². The normalized spacial score (nSPS) is 11.3. The monoisotopic (exact) mass is 430 g/mol. The average Bonchev–Trinajstić information content (AvgIpc) is 3.27. The molecule has 3 aromatic rings. The second kappa shape index (κ2) is 9.47. The molecule has 8 nitrogen and oxygen atoms in total. The van der Waals surface area contributed by atoms with Gasteiger partial charge in [0.1, 0.15) is 17.3 Å². The van der Waals surface area contributed by atoms with Crippen LogP contribution in [0.4, 0.5) is 5.69 Å². The van der Waals surface area contributed by atoms with Gasteiger partial charge in [0.15, 0.2) is 0 Å². The van der Waals surface area contributed by atoms with Gasteiger partial charge in [-0.3, -0.25) is 4.79 Å². The van der Waals surface area contributed by atoms with Gasteiger partial charge < -0.3 is 19.2 Å². The second-order valence-electron chi connectivity index (χ2n) is 6.28. The molecule has 0 atom stereocenters. The first-order chi connectivity index (χ1) is 14.4. The number of methoxy groups -OCH3 is 2. The molecule has 0 aliphatic heterocycles. The molecule has 2 aromatic carbocycles.